The smallest absolute Gasteiger partial charge is 0.137 e. The minimum Gasteiger partial charge on any atom is -0.325 e. The Balaban J connectivity index is 2.14. The first kappa shape index (κ1) is 13.8. The number of aryl methyl sites for hydroxylation is 1. The molecule has 2 heterocycles. The Kier molecular flexibility index (Phi) is 3.52. The highest BCUT2D eigenvalue weighted by molar-refractivity contribution is 5.67. The molecule has 0 aliphatic carbocycles. The number of nitrogens with two attached hydrogens (primary N) is 1. The zero-order chi connectivity index (χ0) is 15.0. The van der Waals surface area contributed by atoms with E-state index < -0.39 is 0 Å². The molecule has 0 spiro atoms. The van der Waals surface area contributed by atoms with E-state index in [-0.39, 0.29) is 0 Å². The molecule has 21 heavy (non-hydrogen) atoms. The topological polar surface area (TPSA) is 43.3 Å². The van der Waals surface area contributed by atoms with Crippen molar-refractivity contribution in [3.05, 3.63) is 59.4 Å². The van der Waals surface area contributed by atoms with Crippen LogP contribution in [0.15, 0.2) is 42.6 Å². The van der Waals surface area contributed by atoms with Crippen LogP contribution in [0.25, 0.3) is 16.9 Å². The Bertz CT molecular complexity index is 767. The lowest BCUT2D eigenvalue weighted by Crippen LogP contribution is -2.02. The van der Waals surface area contributed by atoms with Crippen molar-refractivity contribution in [3.8, 4) is 11.3 Å². The van der Waals surface area contributed by atoms with Crippen LogP contribution in [0.5, 0.6) is 0 Å². The number of fused-ring (bicyclic) bond motifs is 1. The van der Waals surface area contributed by atoms with Crippen LogP contribution in [-0.4, -0.2) is 9.38 Å². The summed E-state index contributed by atoms with van der Waals surface area (Å²) in [6.45, 7) is 6.96. The molecule has 1 aromatic carbocycles. The van der Waals surface area contributed by atoms with Crippen LogP contribution in [0, 0.1) is 6.92 Å². The van der Waals surface area contributed by atoms with Crippen LogP contribution >= 0.6 is 0 Å². The van der Waals surface area contributed by atoms with Gasteiger partial charge in [-0.3, -0.25) is 0 Å². The summed E-state index contributed by atoms with van der Waals surface area (Å²) in [7, 11) is 0. The number of nitrogens with zero attached hydrogens (tertiary/aromatic N) is 2. The van der Waals surface area contributed by atoms with Gasteiger partial charge in [0.15, 0.2) is 0 Å². The predicted octanol–water partition coefficient (Wildman–Crippen LogP) is 3.89. The van der Waals surface area contributed by atoms with E-state index in [1.54, 1.807) is 0 Å². The molecule has 3 heteroatoms. The molecular formula is C18H21N3. The lowest BCUT2D eigenvalue weighted by atomic mass is 10.0. The average molecular weight is 279 g/mol. The maximum absolute atomic E-state index is 5.95. The van der Waals surface area contributed by atoms with Gasteiger partial charge in [0.25, 0.3) is 0 Å². The maximum atomic E-state index is 5.95. The SMILES string of the molecule is Cc1ccn2c(CN)c(-c3ccc(C(C)C)cc3)nc2c1. The summed E-state index contributed by atoms with van der Waals surface area (Å²) >= 11 is 0. The molecule has 3 aromatic rings. The molecule has 0 bridgehead atoms. The first-order valence-electron chi connectivity index (χ1n) is 7.38. The summed E-state index contributed by atoms with van der Waals surface area (Å²) < 4.78 is 2.08. The third kappa shape index (κ3) is 2.45. The second-order valence-electron chi connectivity index (χ2n) is 5.82. The monoisotopic (exact) mass is 279 g/mol. The molecule has 0 fully saturated rings. The molecule has 0 unspecified atom stereocenters. The molecule has 3 nitrogen and oxygen atoms in total. The molecule has 0 aliphatic heterocycles. The van der Waals surface area contributed by atoms with Crippen LogP contribution in [0.4, 0.5) is 0 Å². The van der Waals surface area contributed by atoms with Gasteiger partial charge in [-0.2, -0.15) is 0 Å². The molecule has 2 N–H and O–H groups in total. The Hall–Kier alpha value is -2.13. The van der Waals surface area contributed by atoms with Crippen molar-refractivity contribution in [1.29, 1.82) is 0 Å². The third-order valence-electron chi connectivity index (χ3n) is 3.92. The molecule has 3 rings (SSSR count). The highest BCUT2D eigenvalue weighted by atomic mass is 15.0. The second-order valence-corrected chi connectivity index (χ2v) is 5.82. The molecule has 2 aromatic heterocycles. The van der Waals surface area contributed by atoms with Gasteiger partial charge >= 0.3 is 0 Å². The Morgan fingerprint density at radius 2 is 1.86 bits per heavy atom. The van der Waals surface area contributed by atoms with Crippen LogP contribution in [0.3, 0.4) is 0 Å². The predicted molar refractivity (Wildman–Crippen MR) is 87.3 cm³/mol. The van der Waals surface area contributed by atoms with Crippen LogP contribution < -0.4 is 5.73 Å². The number of pyridine rings is 1. The van der Waals surface area contributed by atoms with Gasteiger partial charge in [-0.15, -0.1) is 0 Å². The summed E-state index contributed by atoms with van der Waals surface area (Å²) in [6, 6.07) is 12.8. The summed E-state index contributed by atoms with van der Waals surface area (Å²) in [6.07, 6.45) is 2.05. The number of rotatable bonds is 3. The highest BCUT2D eigenvalue weighted by Crippen LogP contribution is 2.26. The molecule has 0 aliphatic rings. The van der Waals surface area contributed by atoms with E-state index in [4.69, 9.17) is 10.7 Å². The fourth-order valence-electron chi connectivity index (χ4n) is 2.65. The zero-order valence-electron chi connectivity index (χ0n) is 12.8. The average Bonchev–Trinajstić information content (AvgIpc) is 2.84. The van der Waals surface area contributed by atoms with Crippen molar-refractivity contribution in [3.63, 3.8) is 0 Å². The minimum absolute atomic E-state index is 0.478. The fourth-order valence-corrected chi connectivity index (χ4v) is 2.65. The van der Waals surface area contributed by atoms with Gasteiger partial charge in [-0.1, -0.05) is 38.1 Å². The fraction of sp³-hybridized carbons (Fsp3) is 0.278. The van der Waals surface area contributed by atoms with Crippen molar-refractivity contribution in [2.45, 2.75) is 33.2 Å². The van der Waals surface area contributed by atoms with Crippen molar-refractivity contribution in [1.82, 2.24) is 9.38 Å². The maximum Gasteiger partial charge on any atom is 0.137 e. The van der Waals surface area contributed by atoms with Crippen molar-refractivity contribution < 1.29 is 0 Å². The van der Waals surface area contributed by atoms with E-state index in [1.165, 1.54) is 11.1 Å². The second kappa shape index (κ2) is 5.34. The van der Waals surface area contributed by atoms with E-state index in [0.29, 0.717) is 12.5 Å². The molecule has 0 radical (unpaired) electrons. The summed E-state index contributed by atoms with van der Waals surface area (Å²) in [5, 5.41) is 0. The molecule has 0 saturated heterocycles. The minimum atomic E-state index is 0.478. The van der Waals surface area contributed by atoms with E-state index in [1.807, 2.05) is 6.20 Å². The van der Waals surface area contributed by atoms with E-state index >= 15 is 0 Å². The zero-order valence-corrected chi connectivity index (χ0v) is 12.8. The first-order chi connectivity index (χ1) is 10.1. The van der Waals surface area contributed by atoms with Crippen molar-refractivity contribution in [2.75, 3.05) is 0 Å². The van der Waals surface area contributed by atoms with Gasteiger partial charge in [-0.05, 0) is 36.1 Å². The third-order valence-corrected chi connectivity index (χ3v) is 3.92. The normalized spacial score (nSPS) is 11.5. The van der Waals surface area contributed by atoms with Gasteiger partial charge in [-0.25, -0.2) is 4.98 Å². The summed E-state index contributed by atoms with van der Waals surface area (Å²) in [5.41, 5.74) is 12.6. The molecule has 0 atom stereocenters. The molecular weight excluding hydrogens is 258 g/mol. The van der Waals surface area contributed by atoms with Gasteiger partial charge in [0, 0.05) is 18.3 Å². The van der Waals surface area contributed by atoms with E-state index in [9.17, 15) is 0 Å². The lowest BCUT2D eigenvalue weighted by molar-refractivity contribution is 0.867. The number of hydrogen-bond donors (Lipinski definition) is 1. The lowest BCUT2D eigenvalue weighted by Gasteiger charge is -2.07. The highest BCUT2D eigenvalue weighted by Gasteiger charge is 2.13. The van der Waals surface area contributed by atoms with Crippen molar-refractivity contribution >= 4 is 5.65 Å². The standard InChI is InChI=1S/C18H21N3/c1-12(2)14-4-6-15(7-5-14)18-16(11-19)21-9-8-13(3)10-17(21)20-18/h4-10,12H,11,19H2,1-3H3. The number of imidazole rings is 1. The van der Waals surface area contributed by atoms with Crippen LogP contribution in [0.1, 0.15) is 36.6 Å². The van der Waals surface area contributed by atoms with Crippen LogP contribution in [0.2, 0.25) is 0 Å². The Morgan fingerprint density at radius 3 is 2.48 bits per heavy atom. The van der Waals surface area contributed by atoms with E-state index in [0.717, 1.165) is 22.6 Å². The summed E-state index contributed by atoms with van der Waals surface area (Å²) in [4.78, 5) is 4.77. The van der Waals surface area contributed by atoms with Crippen molar-refractivity contribution in [2.24, 2.45) is 5.73 Å². The largest absolute Gasteiger partial charge is 0.325 e. The Labute approximate surface area is 125 Å². The first-order valence-corrected chi connectivity index (χ1v) is 7.38. The molecule has 108 valence electrons. The summed E-state index contributed by atoms with van der Waals surface area (Å²) in [5.74, 6) is 0.539. The van der Waals surface area contributed by atoms with Gasteiger partial charge in [0.05, 0.1) is 11.4 Å². The Morgan fingerprint density at radius 1 is 1.14 bits per heavy atom. The van der Waals surface area contributed by atoms with Gasteiger partial charge < -0.3 is 10.1 Å². The number of benzene rings is 1. The van der Waals surface area contributed by atoms with Gasteiger partial charge in [0.1, 0.15) is 5.65 Å². The van der Waals surface area contributed by atoms with Gasteiger partial charge in [0.2, 0.25) is 0 Å². The molecule has 0 amide bonds. The quantitative estimate of drug-likeness (QED) is 0.790. The molecule has 0 saturated carbocycles. The van der Waals surface area contributed by atoms with Crippen LogP contribution in [-0.2, 0) is 6.54 Å². The number of hydrogen-bond acceptors (Lipinski definition) is 2. The van der Waals surface area contributed by atoms with E-state index in [2.05, 4.69) is 61.6 Å². The number of aromatic nitrogens is 2.